The van der Waals surface area contributed by atoms with Gasteiger partial charge in [-0.05, 0) is 57.8 Å². The first-order valence-corrected chi connectivity index (χ1v) is 33.8. The molecule has 0 aromatic heterocycles. The number of carbonyl (C=O) groups excluding carboxylic acids is 3. The van der Waals surface area contributed by atoms with E-state index in [-0.39, 0.29) is 37.5 Å². The highest BCUT2D eigenvalue weighted by Gasteiger charge is 2.19. The molecule has 0 aromatic carbocycles. The topological polar surface area (TPSA) is 78.9 Å². The molecule has 0 amide bonds. The highest BCUT2D eigenvalue weighted by atomic mass is 16.6. The van der Waals surface area contributed by atoms with Crippen LogP contribution in [0.2, 0.25) is 0 Å². The maximum atomic E-state index is 12.9. The molecular weight excluding hydrogens is 949 g/mol. The summed E-state index contributed by atoms with van der Waals surface area (Å²) in [5.74, 6) is -0.954. The monoisotopic (exact) mass is 1080 g/mol. The molecule has 0 spiro atoms. The summed E-state index contributed by atoms with van der Waals surface area (Å²) < 4.78 is 16.9. The van der Waals surface area contributed by atoms with E-state index in [0.29, 0.717) is 19.3 Å². The predicted octanol–water partition coefficient (Wildman–Crippen LogP) is 23.1. The molecule has 0 aliphatic carbocycles. The Hall–Kier alpha value is -2.89. The first-order chi connectivity index (χ1) is 38.0. The van der Waals surface area contributed by atoms with Crippen LogP contribution in [0, 0.1) is 0 Å². The van der Waals surface area contributed by atoms with E-state index in [1.165, 1.54) is 244 Å². The minimum absolute atomic E-state index is 0.0920. The molecular formula is C71H128O6. The molecule has 0 N–H and O–H groups in total. The van der Waals surface area contributed by atoms with Gasteiger partial charge < -0.3 is 14.2 Å². The lowest BCUT2D eigenvalue weighted by Gasteiger charge is -2.18. The number of hydrogen-bond acceptors (Lipinski definition) is 6. The van der Waals surface area contributed by atoms with E-state index < -0.39 is 6.10 Å². The van der Waals surface area contributed by atoms with Crippen LogP contribution in [0.15, 0.2) is 60.8 Å². The fourth-order valence-corrected chi connectivity index (χ4v) is 9.96. The Morgan fingerprint density at radius 3 is 0.805 bits per heavy atom. The smallest absolute Gasteiger partial charge is 0.306 e. The zero-order valence-corrected chi connectivity index (χ0v) is 51.5. The Morgan fingerprint density at radius 2 is 0.494 bits per heavy atom. The van der Waals surface area contributed by atoms with Crippen LogP contribution in [-0.2, 0) is 28.6 Å². The minimum Gasteiger partial charge on any atom is -0.462 e. The molecule has 0 unspecified atom stereocenters. The van der Waals surface area contributed by atoms with Gasteiger partial charge in [-0.2, -0.15) is 0 Å². The Balaban J connectivity index is 4.41. The van der Waals surface area contributed by atoms with E-state index in [1.807, 2.05) is 6.08 Å². The lowest BCUT2D eigenvalue weighted by Crippen LogP contribution is -2.30. The average Bonchev–Trinajstić information content (AvgIpc) is 3.43. The summed E-state index contributed by atoms with van der Waals surface area (Å²) in [6.45, 7) is 6.62. The molecule has 448 valence electrons. The molecule has 0 rings (SSSR count). The van der Waals surface area contributed by atoms with Crippen molar-refractivity contribution in [2.24, 2.45) is 0 Å². The fraction of sp³-hybridized carbons (Fsp3) is 0.817. The number of unbranched alkanes of at least 4 members (excludes halogenated alkanes) is 41. The Labute approximate surface area is 479 Å². The fourth-order valence-electron chi connectivity index (χ4n) is 9.96. The molecule has 0 radical (unpaired) electrons. The summed E-state index contributed by atoms with van der Waals surface area (Å²) in [5.41, 5.74) is 0. The molecule has 6 nitrogen and oxygen atoms in total. The molecule has 77 heavy (non-hydrogen) atoms. The van der Waals surface area contributed by atoms with Crippen LogP contribution in [0.4, 0.5) is 0 Å². The summed E-state index contributed by atoms with van der Waals surface area (Å²) >= 11 is 0. The molecule has 0 aliphatic heterocycles. The van der Waals surface area contributed by atoms with Crippen molar-refractivity contribution in [2.45, 2.75) is 361 Å². The van der Waals surface area contributed by atoms with Gasteiger partial charge in [0, 0.05) is 19.3 Å². The summed E-state index contributed by atoms with van der Waals surface area (Å²) in [6.07, 6.45) is 83.9. The van der Waals surface area contributed by atoms with Crippen LogP contribution in [-0.4, -0.2) is 37.2 Å². The van der Waals surface area contributed by atoms with Gasteiger partial charge >= 0.3 is 17.9 Å². The summed E-state index contributed by atoms with van der Waals surface area (Å²) in [7, 11) is 0. The van der Waals surface area contributed by atoms with Gasteiger partial charge in [0.15, 0.2) is 6.10 Å². The maximum absolute atomic E-state index is 12.9. The molecule has 0 aliphatic rings. The van der Waals surface area contributed by atoms with Crippen molar-refractivity contribution in [1.29, 1.82) is 0 Å². The third-order valence-electron chi connectivity index (χ3n) is 15.0. The molecule has 0 aromatic rings. The normalized spacial score (nSPS) is 12.4. The van der Waals surface area contributed by atoms with Gasteiger partial charge in [0.1, 0.15) is 13.2 Å². The Kier molecular flexibility index (Phi) is 63.2. The minimum atomic E-state index is -0.802. The zero-order chi connectivity index (χ0) is 55.7. The molecule has 0 heterocycles. The lowest BCUT2D eigenvalue weighted by atomic mass is 10.0. The number of rotatable bonds is 62. The highest BCUT2D eigenvalue weighted by molar-refractivity contribution is 5.71. The number of hydrogen-bond donors (Lipinski definition) is 0. The Bertz CT molecular complexity index is 1380. The van der Waals surface area contributed by atoms with Crippen LogP contribution in [0.1, 0.15) is 355 Å². The van der Waals surface area contributed by atoms with Crippen LogP contribution in [0.3, 0.4) is 0 Å². The van der Waals surface area contributed by atoms with E-state index in [9.17, 15) is 14.4 Å². The summed E-state index contributed by atoms with van der Waals surface area (Å²) in [6, 6.07) is 0. The van der Waals surface area contributed by atoms with Gasteiger partial charge in [-0.1, -0.05) is 338 Å². The van der Waals surface area contributed by atoms with E-state index in [0.717, 1.165) is 64.2 Å². The SMILES string of the molecule is CCCCC/C=C\C/C=C\C/C=C\C/C=C\C/C=C\CCC(=O)OC[C@H](COC(=O)CCCCCCCCCCCCCCCCCCCCCCC)OC(=O)CCCCCCCCCCCCCCCCCCCCC. The number of carbonyl (C=O) groups is 3. The van der Waals surface area contributed by atoms with Crippen molar-refractivity contribution < 1.29 is 28.6 Å². The summed E-state index contributed by atoms with van der Waals surface area (Å²) in [5, 5.41) is 0. The van der Waals surface area contributed by atoms with E-state index >= 15 is 0 Å². The van der Waals surface area contributed by atoms with Crippen molar-refractivity contribution in [3.05, 3.63) is 60.8 Å². The number of allylic oxidation sites excluding steroid dienone is 10. The quantitative estimate of drug-likeness (QED) is 0.0261. The standard InChI is InChI=1S/C71H128O6/c1-4-7-10-13-16-19-22-25-28-31-34-35-38-40-43-46-49-52-55-58-61-64-70(73)76-67-68(77-71(74)65-62-59-56-53-50-47-44-41-37-33-30-27-24-21-18-15-12-9-6-3)66-75-69(72)63-60-57-54-51-48-45-42-39-36-32-29-26-23-20-17-14-11-8-5-2/h17,20,26,29,36,39,45,48,54,57,68H,4-16,18-19,21-25,27-28,30-35,37-38,40-44,46-47,49-53,55-56,58-67H2,1-3H3/b20-17-,29-26-,39-36-,48-45-,57-54-/t68-/m1/s1. The Morgan fingerprint density at radius 1 is 0.260 bits per heavy atom. The second-order valence-corrected chi connectivity index (χ2v) is 22.7. The van der Waals surface area contributed by atoms with Gasteiger partial charge in [0.05, 0.1) is 0 Å². The molecule has 0 saturated carbocycles. The van der Waals surface area contributed by atoms with Crippen LogP contribution >= 0.6 is 0 Å². The number of ether oxygens (including phenoxy) is 3. The average molecular weight is 1080 g/mol. The van der Waals surface area contributed by atoms with Crippen molar-refractivity contribution in [3.63, 3.8) is 0 Å². The van der Waals surface area contributed by atoms with Crippen molar-refractivity contribution in [1.82, 2.24) is 0 Å². The van der Waals surface area contributed by atoms with Gasteiger partial charge in [0.25, 0.3) is 0 Å². The van der Waals surface area contributed by atoms with E-state index in [1.54, 1.807) is 0 Å². The molecule has 0 saturated heterocycles. The van der Waals surface area contributed by atoms with Gasteiger partial charge in [-0.3, -0.25) is 14.4 Å². The van der Waals surface area contributed by atoms with E-state index in [4.69, 9.17) is 14.2 Å². The van der Waals surface area contributed by atoms with E-state index in [2.05, 4.69) is 75.5 Å². The highest BCUT2D eigenvalue weighted by Crippen LogP contribution is 2.18. The van der Waals surface area contributed by atoms with Gasteiger partial charge in [-0.15, -0.1) is 0 Å². The van der Waals surface area contributed by atoms with Gasteiger partial charge in [-0.25, -0.2) is 0 Å². The molecule has 0 fully saturated rings. The number of esters is 3. The first-order valence-electron chi connectivity index (χ1n) is 33.8. The van der Waals surface area contributed by atoms with Crippen LogP contribution in [0.5, 0.6) is 0 Å². The van der Waals surface area contributed by atoms with Crippen LogP contribution in [0.25, 0.3) is 0 Å². The second-order valence-electron chi connectivity index (χ2n) is 22.7. The lowest BCUT2D eigenvalue weighted by molar-refractivity contribution is -0.166. The molecule has 0 bridgehead atoms. The van der Waals surface area contributed by atoms with Crippen molar-refractivity contribution in [3.8, 4) is 0 Å². The predicted molar refractivity (Wildman–Crippen MR) is 335 cm³/mol. The third-order valence-corrected chi connectivity index (χ3v) is 15.0. The zero-order valence-electron chi connectivity index (χ0n) is 51.5. The van der Waals surface area contributed by atoms with Gasteiger partial charge in [0.2, 0.25) is 0 Å². The molecule has 1 atom stereocenters. The van der Waals surface area contributed by atoms with Crippen LogP contribution < -0.4 is 0 Å². The maximum Gasteiger partial charge on any atom is 0.306 e. The second kappa shape index (κ2) is 65.6. The summed E-state index contributed by atoms with van der Waals surface area (Å²) in [4.78, 5) is 38.4. The van der Waals surface area contributed by atoms with Crippen molar-refractivity contribution >= 4 is 17.9 Å². The largest absolute Gasteiger partial charge is 0.462 e. The molecule has 6 heteroatoms. The van der Waals surface area contributed by atoms with Crippen molar-refractivity contribution in [2.75, 3.05) is 13.2 Å². The first kappa shape index (κ1) is 74.1. The third kappa shape index (κ3) is 63.8.